The summed E-state index contributed by atoms with van der Waals surface area (Å²) in [4.78, 5) is 23.1. The lowest BCUT2D eigenvalue weighted by Gasteiger charge is -2.25. The van der Waals surface area contributed by atoms with E-state index < -0.39 is 0 Å². The van der Waals surface area contributed by atoms with Crippen molar-refractivity contribution >= 4 is 17.2 Å². The summed E-state index contributed by atoms with van der Waals surface area (Å²) in [6, 6.07) is 5.79. The topological polar surface area (TPSA) is 72.1 Å². The van der Waals surface area contributed by atoms with Crippen LogP contribution in [0.2, 0.25) is 0 Å². The quantitative estimate of drug-likeness (QED) is 0.887. The molecule has 0 aromatic carbocycles. The normalized spacial score (nSPS) is 10.9. The molecule has 1 amide bonds. The van der Waals surface area contributed by atoms with Crippen LogP contribution in [0.3, 0.4) is 0 Å². The highest BCUT2D eigenvalue weighted by molar-refractivity contribution is 7.09. The molecule has 0 unspecified atom stereocenters. The minimum Gasteiger partial charge on any atom is -0.330 e. The van der Waals surface area contributed by atoms with Crippen LogP contribution in [0.25, 0.3) is 0 Å². The van der Waals surface area contributed by atoms with Crippen LogP contribution in [0.15, 0.2) is 29.8 Å². The zero-order chi connectivity index (χ0) is 15.2. The Labute approximate surface area is 128 Å². The summed E-state index contributed by atoms with van der Waals surface area (Å²) in [7, 11) is 0. The lowest BCUT2D eigenvalue weighted by atomic mass is 10.2. The van der Waals surface area contributed by atoms with Crippen LogP contribution >= 0.6 is 11.3 Å². The van der Waals surface area contributed by atoms with Crippen molar-refractivity contribution in [2.75, 3.05) is 6.54 Å². The largest absolute Gasteiger partial charge is 0.330 e. The Morgan fingerprint density at radius 3 is 2.86 bits per heavy atom. The van der Waals surface area contributed by atoms with Gasteiger partial charge >= 0.3 is 0 Å². The number of pyridine rings is 1. The second-order valence-corrected chi connectivity index (χ2v) is 5.96. The Bertz CT molecular complexity index is 582. The van der Waals surface area contributed by atoms with E-state index in [2.05, 4.69) is 9.97 Å². The Balaban J connectivity index is 2.15. The van der Waals surface area contributed by atoms with Crippen LogP contribution in [0.1, 0.15) is 35.0 Å². The van der Waals surface area contributed by atoms with Crippen molar-refractivity contribution < 1.29 is 4.79 Å². The Morgan fingerprint density at radius 1 is 1.43 bits per heavy atom. The summed E-state index contributed by atoms with van der Waals surface area (Å²) in [5, 5.41) is 2.71. The fourth-order valence-electron chi connectivity index (χ4n) is 1.95. The minimum atomic E-state index is -0.0600. The highest BCUT2D eigenvalue weighted by Gasteiger charge is 2.21. The number of nitrogens with zero attached hydrogens (tertiary/aromatic N) is 3. The summed E-state index contributed by atoms with van der Waals surface area (Å²) >= 11 is 1.48. The lowest BCUT2D eigenvalue weighted by Crippen LogP contribution is -2.36. The van der Waals surface area contributed by atoms with E-state index in [9.17, 15) is 4.79 Å². The minimum absolute atomic E-state index is 0.0600. The number of hydrogen-bond acceptors (Lipinski definition) is 5. The molecule has 0 radical (unpaired) electrons. The van der Waals surface area contributed by atoms with Crippen LogP contribution in [0.4, 0.5) is 0 Å². The van der Waals surface area contributed by atoms with Crippen molar-refractivity contribution in [2.45, 2.75) is 32.9 Å². The number of carbonyl (C=O) groups is 1. The smallest absolute Gasteiger partial charge is 0.273 e. The number of nitrogens with two attached hydrogens (primary N) is 1. The van der Waals surface area contributed by atoms with E-state index >= 15 is 0 Å². The summed E-state index contributed by atoms with van der Waals surface area (Å²) in [5.41, 5.74) is 6.88. The van der Waals surface area contributed by atoms with Gasteiger partial charge in [-0.1, -0.05) is 6.07 Å². The number of amides is 1. The highest BCUT2D eigenvalue weighted by Crippen LogP contribution is 2.15. The fraction of sp³-hybridized carbons (Fsp3) is 0.400. The van der Waals surface area contributed by atoms with Gasteiger partial charge in [0.1, 0.15) is 5.69 Å². The molecule has 21 heavy (non-hydrogen) atoms. The molecule has 0 atom stereocenters. The average molecular weight is 304 g/mol. The highest BCUT2D eigenvalue weighted by atomic mass is 32.1. The van der Waals surface area contributed by atoms with Gasteiger partial charge in [-0.25, -0.2) is 4.98 Å². The molecule has 2 aromatic rings. The van der Waals surface area contributed by atoms with Crippen LogP contribution in [0, 0.1) is 0 Å². The molecule has 0 aliphatic rings. The molecule has 6 heteroatoms. The summed E-state index contributed by atoms with van der Waals surface area (Å²) in [6.07, 6.45) is 2.44. The van der Waals surface area contributed by atoms with E-state index in [1.807, 2.05) is 32.0 Å². The van der Waals surface area contributed by atoms with Gasteiger partial charge in [0.2, 0.25) is 0 Å². The van der Waals surface area contributed by atoms with Gasteiger partial charge < -0.3 is 10.6 Å². The number of hydrogen-bond donors (Lipinski definition) is 1. The van der Waals surface area contributed by atoms with Crippen LogP contribution in [-0.4, -0.2) is 33.4 Å². The van der Waals surface area contributed by atoms with Gasteiger partial charge in [-0.05, 0) is 32.5 Å². The molecule has 2 heterocycles. The van der Waals surface area contributed by atoms with Crippen LogP contribution < -0.4 is 5.73 Å². The molecule has 112 valence electrons. The third kappa shape index (κ3) is 4.09. The first-order chi connectivity index (χ1) is 10.1. The van der Waals surface area contributed by atoms with Crippen LogP contribution in [-0.2, 0) is 13.0 Å². The first kappa shape index (κ1) is 15.6. The van der Waals surface area contributed by atoms with Crippen molar-refractivity contribution in [1.82, 2.24) is 14.9 Å². The molecule has 0 saturated carbocycles. The van der Waals surface area contributed by atoms with Gasteiger partial charge in [0.15, 0.2) is 0 Å². The van der Waals surface area contributed by atoms with Gasteiger partial charge in [0, 0.05) is 24.0 Å². The predicted octanol–water partition coefficient (Wildman–Crippen LogP) is 2.09. The monoisotopic (exact) mass is 304 g/mol. The third-order valence-corrected chi connectivity index (χ3v) is 3.98. The molecule has 2 rings (SSSR count). The lowest BCUT2D eigenvalue weighted by molar-refractivity contribution is 0.0682. The molecule has 0 saturated heterocycles. The van der Waals surface area contributed by atoms with Crippen molar-refractivity contribution in [2.24, 2.45) is 5.73 Å². The number of thiazole rings is 1. The Kier molecular flexibility index (Phi) is 5.41. The molecule has 5 nitrogen and oxygen atoms in total. The zero-order valence-electron chi connectivity index (χ0n) is 12.3. The Hall–Kier alpha value is -1.79. The van der Waals surface area contributed by atoms with Crippen LogP contribution in [0.5, 0.6) is 0 Å². The van der Waals surface area contributed by atoms with E-state index in [4.69, 9.17) is 5.73 Å². The predicted molar refractivity (Wildman–Crippen MR) is 84.1 cm³/mol. The molecule has 0 spiro atoms. The number of aromatic nitrogens is 2. The molecular weight excluding hydrogens is 284 g/mol. The summed E-state index contributed by atoms with van der Waals surface area (Å²) < 4.78 is 0. The molecular formula is C15H20N4OS. The first-order valence-corrected chi connectivity index (χ1v) is 7.85. The van der Waals surface area contributed by atoms with E-state index in [0.29, 0.717) is 25.2 Å². The van der Waals surface area contributed by atoms with Gasteiger partial charge in [0.05, 0.1) is 17.2 Å². The molecule has 2 N–H and O–H groups in total. The molecule has 0 bridgehead atoms. The second kappa shape index (κ2) is 7.28. The standard InChI is InChI=1S/C15H20N4OS/c1-11(2)19(9-12-5-3-4-8-17-12)15(20)13-10-21-14(18-13)6-7-16/h3-5,8,10-11H,6-7,9,16H2,1-2H3. The first-order valence-electron chi connectivity index (χ1n) is 6.97. The maximum atomic E-state index is 12.6. The van der Waals surface area contributed by atoms with Crippen molar-refractivity contribution in [3.05, 3.63) is 46.2 Å². The SMILES string of the molecule is CC(C)N(Cc1ccccn1)C(=O)c1csc(CCN)n1. The zero-order valence-corrected chi connectivity index (χ0v) is 13.1. The maximum Gasteiger partial charge on any atom is 0.273 e. The molecule has 0 fully saturated rings. The molecule has 2 aromatic heterocycles. The van der Waals surface area contributed by atoms with Crippen molar-refractivity contribution in [1.29, 1.82) is 0 Å². The Morgan fingerprint density at radius 2 is 2.24 bits per heavy atom. The van der Waals surface area contributed by atoms with E-state index in [0.717, 1.165) is 10.7 Å². The average Bonchev–Trinajstić information content (AvgIpc) is 2.94. The second-order valence-electron chi connectivity index (χ2n) is 5.01. The van der Waals surface area contributed by atoms with E-state index in [1.54, 1.807) is 16.5 Å². The fourth-order valence-corrected chi connectivity index (χ4v) is 2.74. The molecule has 0 aliphatic carbocycles. The van der Waals surface area contributed by atoms with Gasteiger partial charge in [-0.3, -0.25) is 9.78 Å². The summed E-state index contributed by atoms with van der Waals surface area (Å²) in [5.74, 6) is -0.0600. The van der Waals surface area contributed by atoms with Gasteiger partial charge in [0.25, 0.3) is 5.91 Å². The van der Waals surface area contributed by atoms with Gasteiger partial charge in [-0.15, -0.1) is 11.3 Å². The van der Waals surface area contributed by atoms with Crippen molar-refractivity contribution in [3.8, 4) is 0 Å². The number of carbonyl (C=O) groups excluding carboxylic acids is 1. The van der Waals surface area contributed by atoms with Crippen molar-refractivity contribution in [3.63, 3.8) is 0 Å². The third-order valence-electron chi connectivity index (χ3n) is 3.07. The van der Waals surface area contributed by atoms with E-state index in [-0.39, 0.29) is 11.9 Å². The van der Waals surface area contributed by atoms with E-state index in [1.165, 1.54) is 11.3 Å². The van der Waals surface area contributed by atoms with Gasteiger partial charge in [-0.2, -0.15) is 0 Å². The molecule has 0 aliphatic heterocycles. The summed E-state index contributed by atoms with van der Waals surface area (Å²) in [6.45, 7) is 5.02. The maximum absolute atomic E-state index is 12.6. The number of rotatable bonds is 6.